The number of carbonyl (C=O) groups excluding carboxylic acids is 3. The highest BCUT2D eigenvalue weighted by Gasteiger charge is 2.38. The van der Waals surface area contributed by atoms with E-state index in [0.717, 1.165) is 5.56 Å². The lowest BCUT2D eigenvalue weighted by Gasteiger charge is -2.19. The molecular formula is C22H21FN4O4. The average molecular weight is 424 g/mol. The van der Waals surface area contributed by atoms with E-state index >= 15 is 0 Å². The lowest BCUT2D eigenvalue weighted by Crippen LogP contribution is -2.42. The van der Waals surface area contributed by atoms with E-state index in [1.54, 1.807) is 12.1 Å². The number of ether oxygens (including phenoxy) is 1. The first kappa shape index (κ1) is 21.8. The highest BCUT2D eigenvalue weighted by atomic mass is 19.1. The second-order valence-electron chi connectivity index (χ2n) is 7.04. The fourth-order valence-electron chi connectivity index (χ4n) is 3.22. The Bertz CT molecular complexity index is 975. The Morgan fingerprint density at radius 3 is 2.52 bits per heavy atom. The summed E-state index contributed by atoms with van der Waals surface area (Å²) in [6.07, 6.45) is -0.580. The van der Waals surface area contributed by atoms with Crippen LogP contribution in [0.5, 0.6) is 0 Å². The SMILES string of the molecule is N#CC1CC(C(=O)Nc2ccc(F)cc2)CN1C(=O)CNC(=O)OCc1ccccc1. The highest BCUT2D eigenvalue weighted by molar-refractivity contribution is 5.94. The van der Waals surface area contributed by atoms with Gasteiger partial charge in [0.1, 0.15) is 25.0 Å². The number of nitrogens with one attached hydrogen (secondary N) is 2. The number of hydrogen-bond acceptors (Lipinski definition) is 5. The Labute approximate surface area is 178 Å². The van der Waals surface area contributed by atoms with Crippen LogP contribution in [0.2, 0.25) is 0 Å². The van der Waals surface area contributed by atoms with Crippen LogP contribution in [0.3, 0.4) is 0 Å². The Morgan fingerprint density at radius 1 is 1.13 bits per heavy atom. The summed E-state index contributed by atoms with van der Waals surface area (Å²) in [6.45, 7) is -0.236. The zero-order valence-electron chi connectivity index (χ0n) is 16.6. The lowest BCUT2D eigenvalue weighted by atomic mass is 10.1. The first-order chi connectivity index (χ1) is 15.0. The van der Waals surface area contributed by atoms with Crippen molar-refractivity contribution in [3.8, 4) is 6.07 Å². The van der Waals surface area contributed by atoms with Gasteiger partial charge in [0.2, 0.25) is 11.8 Å². The maximum Gasteiger partial charge on any atom is 0.407 e. The summed E-state index contributed by atoms with van der Waals surface area (Å²) >= 11 is 0. The van der Waals surface area contributed by atoms with Crippen LogP contribution in [0.15, 0.2) is 54.6 Å². The third kappa shape index (κ3) is 6.02. The smallest absolute Gasteiger partial charge is 0.407 e. The van der Waals surface area contributed by atoms with E-state index in [1.165, 1.54) is 29.2 Å². The van der Waals surface area contributed by atoms with Crippen LogP contribution < -0.4 is 10.6 Å². The fraction of sp³-hybridized carbons (Fsp3) is 0.273. The molecule has 3 amide bonds. The third-order valence-electron chi connectivity index (χ3n) is 4.85. The van der Waals surface area contributed by atoms with Crippen molar-refractivity contribution in [2.24, 2.45) is 5.92 Å². The molecule has 0 radical (unpaired) electrons. The fourth-order valence-corrected chi connectivity index (χ4v) is 3.22. The Balaban J connectivity index is 1.48. The van der Waals surface area contributed by atoms with Crippen molar-refractivity contribution in [3.05, 3.63) is 66.0 Å². The molecule has 2 aromatic carbocycles. The predicted octanol–water partition coefficient (Wildman–Crippen LogP) is 2.43. The number of hydrogen-bond donors (Lipinski definition) is 2. The number of benzene rings is 2. The molecule has 0 aromatic heterocycles. The Kier molecular flexibility index (Phi) is 7.17. The van der Waals surface area contributed by atoms with Gasteiger partial charge < -0.3 is 20.3 Å². The molecule has 2 atom stereocenters. The van der Waals surface area contributed by atoms with E-state index in [9.17, 15) is 24.0 Å². The molecule has 3 rings (SSSR count). The summed E-state index contributed by atoms with van der Waals surface area (Å²) in [5, 5.41) is 14.4. The molecule has 0 aliphatic carbocycles. The van der Waals surface area contributed by atoms with Gasteiger partial charge in [0.05, 0.1) is 12.0 Å². The van der Waals surface area contributed by atoms with Crippen molar-refractivity contribution in [1.29, 1.82) is 5.26 Å². The zero-order valence-corrected chi connectivity index (χ0v) is 16.6. The summed E-state index contributed by atoms with van der Waals surface area (Å²) in [5.41, 5.74) is 1.23. The van der Waals surface area contributed by atoms with Gasteiger partial charge in [-0.3, -0.25) is 9.59 Å². The molecule has 0 bridgehead atoms. The number of nitriles is 1. The van der Waals surface area contributed by atoms with Gasteiger partial charge in [-0.25, -0.2) is 9.18 Å². The van der Waals surface area contributed by atoms with E-state index < -0.39 is 29.8 Å². The average Bonchev–Trinajstić information content (AvgIpc) is 3.23. The van der Waals surface area contributed by atoms with Crippen molar-refractivity contribution >= 4 is 23.6 Å². The third-order valence-corrected chi connectivity index (χ3v) is 4.85. The first-order valence-electron chi connectivity index (χ1n) is 9.66. The van der Waals surface area contributed by atoms with Crippen LogP contribution in [0.4, 0.5) is 14.9 Å². The number of rotatable bonds is 6. The van der Waals surface area contributed by atoms with E-state index in [1.807, 2.05) is 24.3 Å². The number of amides is 3. The molecule has 160 valence electrons. The standard InChI is InChI=1S/C22H21FN4O4/c23-17-6-8-18(9-7-17)26-21(29)16-10-19(11-24)27(13-16)20(28)12-25-22(30)31-14-15-4-2-1-3-5-15/h1-9,16,19H,10,12-14H2,(H,25,30)(H,26,29). The summed E-state index contributed by atoms with van der Waals surface area (Å²) < 4.78 is 18.0. The molecule has 0 spiro atoms. The first-order valence-corrected chi connectivity index (χ1v) is 9.66. The topological polar surface area (TPSA) is 112 Å². The van der Waals surface area contributed by atoms with Crippen LogP contribution in [0.1, 0.15) is 12.0 Å². The molecule has 1 saturated heterocycles. The molecule has 1 aliphatic heterocycles. The molecule has 9 heteroatoms. The largest absolute Gasteiger partial charge is 0.445 e. The molecular weight excluding hydrogens is 403 g/mol. The van der Waals surface area contributed by atoms with Gasteiger partial charge in [-0.1, -0.05) is 30.3 Å². The van der Waals surface area contributed by atoms with E-state index in [0.29, 0.717) is 5.69 Å². The van der Waals surface area contributed by atoms with Crippen LogP contribution in [0.25, 0.3) is 0 Å². The van der Waals surface area contributed by atoms with Crippen molar-refractivity contribution in [3.63, 3.8) is 0 Å². The van der Waals surface area contributed by atoms with E-state index in [4.69, 9.17) is 4.74 Å². The van der Waals surface area contributed by atoms with Gasteiger partial charge in [-0.05, 0) is 36.2 Å². The zero-order chi connectivity index (χ0) is 22.2. The lowest BCUT2D eigenvalue weighted by molar-refractivity contribution is -0.130. The van der Waals surface area contributed by atoms with Crippen LogP contribution in [-0.4, -0.2) is 41.9 Å². The summed E-state index contributed by atoms with van der Waals surface area (Å²) in [4.78, 5) is 38.1. The van der Waals surface area contributed by atoms with Crippen LogP contribution >= 0.6 is 0 Å². The number of anilines is 1. The molecule has 1 aliphatic rings. The normalized spacial score (nSPS) is 17.5. The minimum absolute atomic E-state index is 0.0465. The number of likely N-dealkylation sites (tertiary alicyclic amines) is 1. The Morgan fingerprint density at radius 2 is 1.84 bits per heavy atom. The summed E-state index contributed by atoms with van der Waals surface area (Å²) in [6, 6.07) is 15.6. The van der Waals surface area contributed by atoms with Crippen molar-refractivity contribution < 1.29 is 23.5 Å². The summed E-state index contributed by atoms with van der Waals surface area (Å²) in [5.74, 6) is -1.86. The molecule has 0 saturated carbocycles. The highest BCUT2D eigenvalue weighted by Crippen LogP contribution is 2.24. The van der Waals surface area contributed by atoms with Gasteiger partial charge >= 0.3 is 6.09 Å². The van der Waals surface area contributed by atoms with Gasteiger partial charge in [0.25, 0.3) is 0 Å². The molecule has 8 nitrogen and oxygen atoms in total. The minimum Gasteiger partial charge on any atom is -0.445 e. The Hall–Kier alpha value is -3.93. The number of carbonyl (C=O) groups is 3. The second kappa shape index (κ2) is 10.2. The second-order valence-corrected chi connectivity index (χ2v) is 7.04. The quantitative estimate of drug-likeness (QED) is 0.740. The molecule has 1 fully saturated rings. The predicted molar refractivity (Wildman–Crippen MR) is 109 cm³/mol. The molecule has 2 aromatic rings. The van der Waals surface area contributed by atoms with Crippen LogP contribution in [-0.2, 0) is 20.9 Å². The van der Waals surface area contributed by atoms with Crippen molar-refractivity contribution in [1.82, 2.24) is 10.2 Å². The van der Waals surface area contributed by atoms with Gasteiger partial charge in [-0.2, -0.15) is 5.26 Å². The minimum atomic E-state index is -0.779. The van der Waals surface area contributed by atoms with Crippen molar-refractivity contribution in [2.45, 2.75) is 19.1 Å². The van der Waals surface area contributed by atoms with Gasteiger partial charge in [0.15, 0.2) is 0 Å². The number of nitrogens with zero attached hydrogens (tertiary/aromatic N) is 2. The maximum absolute atomic E-state index is 13.0. The number of alkyl carbamates (subject to hydrolysis) is 1. The molecule has 1 heterocycles. The molecule has 2 N–H and O–H groups in total. The van der Waals surface area contributed by atoms with E-state index in [2.05, 4.69) is 10.6 Å². The van der Waals surface area contributed by atoms with Gasteiger partial charge in [-0.15, -0.1) is 0 Å². The number of halogens is 1. The van der Waals surface area contributed by atoms with Crippen LogP contribution in [0, 0.1) is 23.1 Å². The maximum atomic E-state index is 13.0. The van der Waals surface area contributed by atoms with Crippen molar-refractivity contribution in [2.75, 3.05) is 18.4 Å². The molecule has 31 heavy (non-hydrogen) atoms. The monoisotopic (exact) mass is 424 g/mol. The summed E-state index contributed by atoms with van der Waals surface area (Å²) in [7, 11) is 0. The van der Waals surface area contributed by atoms with E-state index in [-0.39, 0.29) is 32.0 Å². The van der Waals surface area contributed by atoms with Gasteiger partial charge in [0, 0.05) is 12.2 Å². The molecule has 2 unspecified atom stereocenters.